The SMILES string of the molecule is CC(CC1CCCN1C(=O)OC(C)(C)C)Nc1ccc(Cl)nc1. The zero-order chi connectivity index (χ0) is 17.0. The highest BCUT2D eigenvalue weighted by Crippen LogP contribution is 2.25. The van der Waals surface area contributed by atoms with E-state index in [0.717, 1.165) is 31.5 Å². The van der Waals surface area contributed by atoms with Gasteiger partial charge in [-0.3, -0.25) is 0 Å². The lowest BCUT2D eigenvalue weighted by molar-refractivity contribution is 0.0218. The first-order valence-corrected chi connectivity index (χ1v) is 8.50. The van der Waals surface area contributed by atoms with E-state index in [1.807, 2.05) is 31.7 Å². The Kier molecular flexibility index (Phi) is 5.74. The normalized spacial score (nSPS) is 19.5. The minimum atomic E-state index is -0.455. The van der Waals surface area contributed by atoms with E-state index >= 15 is 0 Å². The molecule has 23 heavy (non-hydrogen) atoms. The number of hydrogen-bond donors (Lipinski definition) is 1. The number of nitrogens with one attached hydrogen (secondary N) is 1. The minimum absolute atomic E-state index is 0.208. The van der Waals surface area contributed by atoms with E-state index in [2.05, 4.69) is 17.2 Å². The van der Waals surface area contributed by atoms with Crippen molar-refractivity contribution in [2.45, 2.75) is 64.6 Å². The third-order valence-corrected chi connectivity index (χ3v) is 3.99. The highest BCUT2D eigenvalue weighted by atomic mass is 35.5. The average Bonchev–Trinajstić information content (AvgIpc) is 2.87. The third kappa shape index (κ3) is 5.57. The van der Waals surface area contributed by atoms with Crippen molar-refractivity contribution in [1.82, 2.24) is 9.88 Å². The number of likely N-dealkylation sites (tertiary alicyclic amines) is 1. The maximum Gasteiger partial charge on any atom is 0.410 e. The van der Waals surface area contributed by atoms with Gasteiger partial charge in [0.2, 0.25) is 0 Å². The number of pyridine rings is 1. The van der Waals surface area contributed by atoms with Crippen molar-refractivity contribution in [1.29, 1.82) is 0 Å². The molecule has 1 N–H and O–H groups in total. The van der Waals surface area contributed by atoms with Crippen LogP contribution in [0.1, 0.15) is 47.0 Å². The van der Waals surface area contributed by atoms with E-state index in [4.69, 9.17) is 16.3 Å². The topological polar surface area (TPSA) is 54.5 Å². The molecule has 5 nitrogen and oxygen atoms in total. The van der Waals surface area contributed by atoms with Gasteiger partial charge >= 0.3 is 6.09 Å². The monoisotopic (exact) mass is 339 g/mol. The molecule has 2 atom stereocenters. The summed E-state index contributed by atoms with van der Waals surface area (Å²) in [5, 5.41) is 3.89. The number of nitrogens with zero attached hydrogens (tertiary/aromatic N) is 2. The molecular formula is C17H26ClN3O2. The van der Waals surface area contributed by atoms with Gasteiger partial charge in [-0.05, 0) is 59.1 Å². The summed E-state index contributed by atoms with van der Waals surface area (Å²) in [4.78, 5) is 18.2. The van der Waals surface area contributed by atoms with Crippen LogP contribution in [0.3, 0.4) is 0 Å². The van der Waals surface area contributed by atoms with Gasteiger partial charge in [-0.15, -0.1) is 0 Å². The second-order valence-corrected chi connectivity index (χ2v) is 7.51. The zero-order valence-corrected chi connectivity index (χ0v) is 15.1. The minimum Gasteiger partial charge on any atom is -0.444 e. The standard InChI is InChI=1S/C17H26ClN3O2/c1-12(20-13-7-8-15(18)19-11-13)10-14-6-5-9-21(14)16(22)23-17(2,3)4/h7-8,11-12,14,20H,5-6,9-10H2,1-4H3. The molecular weight excluding hydrogens is 314 g/mol. The fraction of sp³-hybridized carbons (Fsp3) is 0.647. The number of amides is 1. The Morgan fingerprint density at radius 3 is 2.87 bits per heavy atom. The Morgan fingerprint density at radius 1 is 1.52 bits per heavy atom. The molecule has 1 fully saturated rings. The van der Waals surface area contributed by atoms with Crippen LogP contribution in [0.5, 0.6) is 0 Å². The van der Waals surface area contributed by atoms with Gasteiger partial charge in [0.15, 0.2) is 0 Å². The van der Waals surface area contributed by atoms with Crippen LogP contribution >= 0.6 is 11.6 Å². The average molecular weight is 340 g/mol. The predicted molar refractivity (Wildman–Crippen MR) is 92.9 cm³/mol. The number of rotatable bonds is 4. The van der Waals surface area contributed by atoms with E-state index in [9.17, 15) is 4.79 Å². The largest absolute Gasteiger partial charge is 0.444 e. The van der Waals surface area contributed by atoms with Crippen LogP contribution in [0.25, 0.3) is 0 Å². The van der Waals surface area contributed by atoms with Crippen molar-refractivity contribution < 1.29 is 9.53 Å². The Labute approximate surface area is 143 Å². The molecule has 2 rings (SSSR count). The summed E-state index contributed by atoms with van der Waals surface area (Å²) < 4.78 is 5.51. The number of ether oxygens (including phenoxy) is 1. The summed E-state index contributed by atoms with van der Waals surface area (Å²) in [5.41, 5.74) is 0.479. The van der Waals surface area contributed by atoms with Crippen molar-refractivity contribution in [3.05, 3.63) is 23.5 Å². The molecule has 1 aromatic rings. The highest BCUT2D eigenvalue weighted by molar-refractivity contribution is 6.29. The molecule has 1 aromatic heterocycles. The lowest BCUT2D eigenvalue weighted by Crippen LogP contribution is -2.41. The molecule has 1 aliphatic rings. The molecule has 2 unspecified atom stereocenters. The van der Waals surface area contributed by atoms with Crippen LogP contribution in [0.2, 0.25) is 5.15 Å². The highest BCUT2D eigenvalue weighted by Gasteiger charge is 2.32. The predicted octanol–water partition coefficient (Wildman–Crippen LogP) is 4.33. The quantitative estimate of drug-likeness (QED) is 0.830. The van der Waals surface area contributed by atoms with Crippen molar-refractivity contribution in [3.8, 4) is 0 Å². The van der Waals surface area contributed by atoms with Gasteiger partial charge in [0.25, 0.3) is 0 Å². The summed E-state index contributed by atoms with van der Waals surface area (Å²) in [5.74, 6) is 0. The fourth-order valence-electron chi connectivity index (χ4n) is 2.85. The maximum absolute atomic E-state index is 12.3. The van der Waals surface area contributed by atoms with Crippen LogP contribution in [0, 0.1) is 0 Å². The third-order valence-electron chi connectivity index (χ3n) is 3.77. The molecule has 0 aliphatic carbocycles. The summed E-state index contributed by atoms with van der Waals surface area (Å²) in [6.07, 6.45) is 4.44. The number of hydrogen-bond acceptors (Lipinski definition) is 4. The van der Waals surface area contributed by atoms with Crippen molar-refractivity contribution >= 4 is 23.4 Å². The molecule has 1 amide bonds. The fourth-order valence-corrected chi connectivity index (χ4v) is 2.97. The van der Waals surface area contributed by atoms with E-state index in [1.54, 1.807) is 12.3 Å². The van der Waals surface area contributed by atoms with Gasteiger partial charge in [0, 0.05) is 18.6 Å². The van der Waals surface area contributed by atoms with E-state index in [-0.39, 0.29) is 18.2 Å². The first-order valence-electron chi connectivity index (χ1n) is 8.12. The van der Waals surface area contributed by atoms with Crippen LogP contribution in [-0.2, 0) is 4.74 Å². The lowest BCUT2D eigenvalue weighted by atomic mass is 10.1. The molecule has 6 heteroatoms. The number of aromatic nitrogens is 1. The number of halogens is 1. The van der Waals surface area contributed by atoms with Gasteiger partial charge in [-0.1, -0.05) is 11.6 Å². The molecule has 0 aromatic carbocycles. The van der Waals surface area contributed by atoms with Crippen LogP contribution in [0.15, 0.2) is 18.3 Å². The van der Waals surface area contributed by atoms with Gasteiger partial charge in [0.05, 0.1) is 11.9 Å². The molecule has 0 radical (unpaired) electrons. The van der Waals surface area contributed by atoms with Crippen molar-refractivity contribution in [2.24, 2.45) is 0 Å². The van der Waals surface area contributed by atoms with Gasteiger partial charge in [-0.2, -0.15) is 0 Å². The molecule has 0 saturated carbocycles. The van der Waals surface area contributed by atoms with E-state index < -0.39 is 5.60 Å². The number of carbonyl (C=O) groups excluding carboxylic acids is 1. The van der Waals surface area contributed by atoms with Gasteiger partial charge in [-0.25, -0.2) is 9.78 Å². The lowest BCUT2D eigenvalue weighted by Gasteiger charge is -2.30. The van der Waals surface area contributed by atoms with Crippen LogP contribution in [0.4, 0.5) is 10.5 Å². The molecule has 1 aliphatic heterocycles. The van der Waals surface area contributed by atoms with E-state index in [0.29, 0.717) is 5.15 Å². The first-order chi connectivity index (χ1) is 10.7. The Bertz CT molecular complexity index is 528. The Balaban J connectivity index is 1.90. The summed E-state index contributed by atoms with van der Waals surface area (Å²) in [6.45, 7) is 8.57. The van der Waals surface area contributed by atoms with Crippen molar-refractivity contribution in [3.63, 3.8) is 0 Å². The molecule has 1 saturated heterocycles. The molecule has 0 spiro atoms. The Morgan fingerprint density at radius 2 is 2.26 bits per heavy atom. The second-order valence-electron chi connectivity index (χ2n) is 7.12. The summed E-state index contributed by atoms with van der Waals surface area (Å²) in [7, 11) is 0. The summed E-state index contributed by atoms with van der Waals surface area (Å²) >= 11 is 5.80. The smallest absolute Gasteiger partial charge is 0.410 e. The Hall–Kier alpha value is -1.49. The first kappa shape index (κ1) is 17.9. The number of carbonyl (C=O) groups is 1. The van der Waals surface area contributed by atoms with Crippen LogP contribution < -0.4 is 5.32 Å². The second kappa shape index (κ2) is 7.39. The molecule has 2 heterocycles. The van der Waals surface area contributed by atoms with Crippen LogP contribution in [-0.4, -0.2) is 40.2 Å². The maximum atomic E-state index is 12.3. The number of anilines is 1. The molecule has 0 bridgehead atoms. The van der Waals surface area contributed by atoms with Gasteiger partial charge in [0.1, 0.15) is 10.8 Å². The summed E-state index contributed by atoms with van der Waals surface area (Å²) in [6, 6.07) is 4.12. The zero-order valence-electron chi connectivity index (χ0n) is 14.3. The van der Waals surface area contributed by atoms with Gasteiger partial charge < -0.3 is 15.0 Å². The van der Waals surface area contributed by atoms with Crippen molar-refractivity contribution in [2.75, 3.05) is 11.9 Å². The molecule has 128 valence electrons. The van der Waals surface area contributed by atoms with E-state index in [1.165, 1.54) is 0 Å².